The molecule has 114 valence electrons. The molecule has 21 heavy (non-hydrogen) atoms. The number of hydrogen-bond acceptors (Lipinski definition) is 4. The molecule has 1 saturated carbocycles. The normalized spacial score (nSPS) is 16.0. The first-order valence-electron chi connectivity index (χ1n) is 6.44. The number of carboxylic acids is 1. The van der Waals surface area contributed by atoms with Crippen molar-refractivity contribution in [3.63, 3.8) is 0 Å². The lowest BCUT2D eigenvalue weighted by molar-refractivity contribution is -0.147. The van der Waals surface area contributed by atoms with Crippen molar-refractivity contribution < 1.29 is 23.1 Å². The van der Waals surface area contributed by atoms with Gasteiger partial charge in [0.15, 0.2) is 0 Å². The van der Waals surface area contributed by atoms with E-state index in [0.717, 1.165) is 0 Å². The first-order chi connectivity index (χ1) is 9.79. The minimum absolute atomic E-state index is 0.0351. The van der Waals surface area contributed by atoms with Crippen LogP contribution in [0, 0.1) is 5.41 Å². The maximum absolute atomic E-state index is 11.9. The van der Waals surface area contributed by atoms with E-state index in [1.807, 2.05) is 0 Å². The second-order valence-corrected chi connectivity index (χ2v) is 6.94. The third-order valence-corrected chi connectivity index (χ3v) is 4.70. The molecular formula is C13H16N2O5S. The van der Waals surface area contributed by atoms with E-state index in [1.54, 1.807) is 0 Å². The Hall–Kier alpha value is -2.09. The van der Waals surface area contributed by atoms with Crippen LogP contribution in [-0.2, 0) is 19.6 Å². The van der Waals surface area contributed by atoms with Crippen LogP contribution in [0.4, 0.5) is 11.4 Å². The molecular weight excluding hydrogens is 296 g/mol. The topological polar surface area (TPSA) is 113 Å². The summed E-state index contributed by atoms with van der Waals surface area (Å²) >= 11 is 0. The van der Waals surface area contributed by atoms with Crippen LogP contribution < -0.4 is 10.0 Å². The van der Waals surface area contributed by atoms with Gasteiger partial charge in [-0.3, -0.25) is 14.3 Å². The number of sulfonamides is 1. The van der Waals surface area contributed by atoms with Gasteiger partial charge in [-0.15, -0.1) is 0 Å². The van der Waals surface area contributed by atoms with Gasteiger partial charge in [-0.05, 0) is 44.0 Å². The Kier molecular flexibility index (Phi) is 3.91. The van der Waals surface area contributed by atoms with E-state index in [-0.39, 0.29) is 5.75 Å². The van der Waals surface area contributed by atoms with Crippen molar-refractivity contribution in [1.82, 2.24) is 0 Å². The summed E-state index contributed by atoms with van der Waals surface area (Å²) in [5.74, 6) is -1.70. The number of carbonyl (C=O) groups is 2. The van der Waals surface area contributed by atoms with Crippen LogP contribution in [0.15, 0.2) is 24.3 Å². The molecule has 2 rings (SSSR count). The summed E-state index contributed by atoms with van der Waals surface area (Å²) < 4.78 is 25.2. The van der Waals surface area contributed by atoms with Crippen LogP contribution in [0.25, 0.3) is 0 Å². The maximum atomic E-state index is 11.9. The summed E-state index contributed by atoms with van der Waals surface area (Å²) in [5, 5.41) is 11.5. The zero-order valence-corrected chi connectivity index (χ0v) is 12.2. The molecule has 8 heteroatoms. The Morgan fingerprint density at radius 1 is 1.19 bits per heavy atom. The lowest BCUT2D eigenvalue weighted by atomic mass is 10.1. The van der Waals surface area contributed by atoms with Gasteiger partial charge in [0, 0.05) is 11.4 Å². The number of anilines is 2. The minimum Gasteiger partial charge on any atom is -0.480 e. The van der Waals surface area contributed by atoms with Gasteiger partial charge in [0.05, 0.1) is 5.75 Å². The van der Waals surface area contributed by atoms with Crippen molar-refractivity contribution in [1.29, 1.82) is 0 Å². The highest BCUT2D eigenvalue weighted by atomic mass is 32.2. The van der Waals surface area contributed by atoms with E-state index < -0.39 is 27.3 Å². The quantitative estimate of drug-likeness (QED) is 0.684. The van der Waals surface area contributed by atoms with E-state index in [1.165, 1.54) is 31.2 Å². The standard InChI is InChI=1S/C13H16N2O5S/c1-2-21(19,20)15-10-5-3-9(4-6-10)14-11(16)13(7-8-13)12(17)18/h3-6,15H,2,7-8H2,1H3,(H,14,16)(H,17,18). The molecule has 7 nitrogen and oxygen atoms in total. The van der Waals surface area contributed by atoms with E-state index in [0.29, 0.717) is 24.2 Å². The Bertz CT molecular complexity index is 662. The summed E-state index contributed by atoms with van der Waals surface area (Å²) in [7, 11) is -3.35. The van der Waals surface area contributed by atoms with Crippen LogP contribution in [0.1, 0.15) is 19.8 Å². The number of rotatable bonds is 6. The lowest BCUT2D eigenvalue weighted by Gasteiger charge is -2.11. The molecule has 0 spiro atoms. The fourth-order valence-electron chi connectivity index (χ4n) is 1.79. The number of hydrogen-bond donors (Lipinski definition) is 3. The molecule has 1 aromatic carbocycles. The van der Waals surface area contributed by atoms with E-state index in [4.69, 9.17) is 5.11 Å². The second-order valence-electron chi connectivity index (χ2n) is 4.92. The Morgan fingerprint density at radius 3 is 2.14 bits per heavy atom. The molecule has 0 atom stereocenters. The van der Waals surface area contributed by atoms with Crippen LogP contribution in [0.5, 0.6) is 0 Å². The first-order valence-corrected chi connectivity index (χ1v) is 8.10. The van der Waals surface area contributed by atoms with Gasteiger partial charge in [-0.2, -0.15) is 0 Å². The first kappa shape index (κ1) is 15.3. The van der Waals surface area contributed by atoms with Gasteiger partial charge in [-0.25, -0.2) is 8.42 Å². The van der Waals surface area contributed by atoms with E-state index >= 15 is 0 Å². The van der Waals surface area contributed by atoms with Gasteiger partial charge < -0.3 is 10.4 Å². The van der Waals surface area contributed by atoms with Gasteiger partial charge in [0.1, 0.15) is 5.41 Å². The van der Waals surface area contributed by atoms with Crippen molar-refractivity contribution >= 4 is 33.3 Å². The fourth-order valence-corrected chi connectivity index (χ4v) is 2.43. The Balaban J connectivity index is 2.03. The van der Waals surface area contributed by atoms with Gasteiger partial charge in [0.25, 0.3) is 0 Å². The average Bonchev–Trinajstić information content (AvgIpc) is 3.22. The summed E-state index contributed by atoms with van der Waals surface area (Å²) in [6.07, 6.45) is 0.672. The van der Waals surface area contributed by atoms with Gasteiger partial charge >= 0.3 is 5.97 Å². The number of aliphatic carboxylic acids is 1. The zero-order valence-electron chi connectivity index (χ0n) is 11.4. The SMILES string of the molecule is CCS(=O)(=O)Nc1ccc(NC(=O)C2(C(=O)O)CC2)cc1. The Labute approximate surface area is 122 Å². The molecule has 0 heterocycles. The lowest BCUT2D eigenvalue weighted by Crippen LogP contribution is -2.31. The van der Waals surface area contributed by atoms with Crippen LogP contribution in [-0.4, -0.2) is 31.2 Å². The van der Waals surface area contributed by atoms with Crippen molar-refractivity contribution in [2.75, 3.05) is 15.8 Å². The molecule has 0 bridgehead atoms. The smallest absolute Gasteiger partial charge is 0.319 e. The molecule has 1 aromatic rings. The third kappa shape index (κ3) is 3.33. The van der Waals surface area contributed by atoms with Crippen LogP contribution >= 0.6 is 0 Å². The zero-order chi connectivity index (χ0) is 15.7. The Morgan fingerprint density at radius 2 is 1.71 bits per heavy atom. The highest BCUT2D eigenvalue weighted by molar-refractivity contribution is 7.92. The molecule has 3 N–H and O–H groups in total. The maximum Gasteiger partial charge on any atom is 0.319 e. The van der Waals surface area contributed by atoms with Gasteiger partial charge in [0.2, 0.25) is 15.9 Å². The largest absolute Gasteiger partial charge is 0.480 e. The van der Waals surface area contributed by atoms with Crippen molar-refractivity contribution in [3.8, 4) is 0 Å². The molecule has 0 aliphatic heterocycles. The summed E-state index contributed by atoms with van der Waals surface area (Å²) in [6.45, 7) is 1.53. The fraction of sp³-hybridized carbons (Fsp3) is 0.385. The summed E-state index contributed by atoms with van der Waals surface area (Å²) in [6, 6.07) is 6.04. The minimum atomic E-state index is -3.35. The number of amides is 1. The van der Waals surface area contributed by atoms with Crippen LogP contribution in [0.2, 0.25) is 0 Å². The summed E-state index contributed by atoms with van der Waals surface area (Å²) in [5.41, 5.74) is -0.496. The predicted octanol–water partition coefficient (Wildman–Crippen LogP) is 1.25. The molecule has 0 saturated heterocycles. The second kappa shape index (κ2) is 5.36. The number of carbonyl (C=O) groups excluding carboxylic acids is 1. The molecule has 1 fully saturated rings. The number of nitrogens with one attached hydrogen (secondary N) is 2. The van der Waals surface area contributed by atoms with Crippen molar-refractivity contribution in [3.05, 3.63) is 24.3 Å². The average molecular weight is 312 g/mol. The molecule has 0 radical (unpaired) electrons. The van der Waals surface area contributed by atoms with E-state index in [2.05, 4.69) is 10.0 Å². The van der Waals surface area contributed by atoms with Crippen molar-refractivity contribution in [2.24, 2.45) is 5.41 Å². The molecule has 0 unspecified atom stereocenters. The molecule has 1 aliphatic rings. The third-order valence-electron chi connectivity index (χ3n) is 3.39. The monoisotopic (exact) mass is 312 g/mol. The summed E-state index contributed by atoms with van der Waals surface area (Å²) in [4.78, 5) is 22.9. The predicted molar refractivity (Wildman–Crippen MR) is 77.5 cm³/mol. The van der Waals surface area contributed by atoms with Crippen molar-refractivity contribution in [2.45, 2.75) is 19.8 Å². The number of carboxylic acid groups (broad SMARTS) is 1. The molecule has 0 aromatic heterocycles. The highest BCUT2D eigenvalue weighted by Gasteiger charge is 2.57. The molecule has 1 amide bonds. The highest BCUT2D eigenvalue weighted by Crippen LogP contribution is 2.46. The number of benzene rings is 1. The van der Waals surface area contributed by atoms with E-state index in [9.17, 15) is 18.0 Å². The molecule has 1 aliphatic carbocycles. The van der Waals surface area contributed by atoms with Crippen LogP contribution in [0.3, 0.4) is 0 Å². The van der Waals surface area contributed by atoms with Gasteiger partial charge in [-0.1, -0.05) is 0 Å².